The lowest BCUT2D eigenvalue weighted by Gasteiger charge is -2.26. The van der Waals surface area contributed by atoms with Crippen LogP contribution in [0.15, 0.2) is 24.3 Å². The van der Waals surface area contributed by atoms with Crippen LogP contribution in [0.5, 0.6) is 0 Å². The van der Waals surface area contributed by atoms with Gasteiger partial charge in [-0.1, -0.05) is 45.9 Å². The van der Waals surface area contributed by atoms with E-state index in [1.54, 1.807) is 18.2 Å². The summed E-state index contributed by atoms with van der Waals surface area (Å²) >= 11 is 0. The highest BCUT2D eigenvalue weighted by Crippen LogP contribution is 2.11. The van der Waals surface area contributed by atoms with Gasteiger partial charge in [-0.15, -0.1) is 0 Å². The van der Waals surface area contributed by atoms with E-state index in [1.807, 2.05) is 4.90 Å². The van der Waals surface area contributed by atoms with E-state index in [0.717, 1.165) is 13.1 Å². The molecule has 1 aromatic rings. The average Bonchev–Trinajstić information content (AvgIpc) is 2.30. The average molecular weight is 265 g/mol. The third-order valence-electron chi connectivity index (χ3n) is 2.82. The minimum absolute atomic E-state index is 0.00694. The minimum Gasteiger partial charge on any atom is -0.342 e. The Balaban J connectivity index is 2.74. The Morgan fingerprint density at radius 1 is 1.11 bits per heavy atom. The molecule has 0 saturated heterocycles. The molecule has 0 bridgehead atoms. The molecule has 0 heterocycles. The number of carbonyl (C=O) groups is 1. The molecule has 106 valence electrons. The first kappa shape index (κ1) is 15.7. The third kappa shape index (κ3) is 5.41. The van der Waals surface area contributed by atoms with Gasteiger partial charge < -0.3 is 4.90 Å². The zero-order valence-corrected chi connectivity index (χ0v) is 12.3. The zero-order valence-electron chi connectivity index (χ0n) is 12.3. The van der Waals surface area contributed by atoms with Crippen LogP contribution >= 0.6 is 0 Å². The fraction of sp³-hybridized carbons (Fsp3) is 0.562. The highest BCUT2D eigenvalue weighted by Gasteiger charge is 2.17. The molecular formula is C16H24FNO. The second-order valence-electron chi connectivity index (χ2n) is 5.85. The molecule has 0 aliphatic rings. The van der Waals surface area contributed by atoms with Gasteiger partial charge in [0, 0.05) is 13.1 Å². The molecule has 0 N–H and O–H groups in total. The summed E-state index contributed by atoms with van der Waals surface area (Å²) < 4.78 is 13.6. The van der Waals surface area contributed by atoms with E-state index < -0.39 is 0 Å². The Kier molecular flexibility index (Phi) is 6.00. The van der Waals surface area contributed by atoms with Gasteiger partial charge in [-0.05, 0) is 23.5 Å². The molecule has 1 rings (SSSR count). The van der Waals surface area contributed by atoms with Crippen molar-refractivity contribution < 1.29 is 9.18 Å². The molecule has 0 aliphatic heterocycles. The molecule has 1 amide bonds. The molecule has 0 fully saturated rings. The Bertz CT molecular complexity index is 405. The van der Waals surface area contributed by atoms with Crippen molar-refractivity contribution in [3.63, 3.8) is 0 Å². The van der Waals surface area contributed by atoms with Crippen LogP contribution in [-0.4, -0.2) is 23.9 Å². The first-order valence-corrected chi connectivity index (χ1v) is 6.91. The minimum atomic E-state index is -0.301. The first-order valence-electron chi connectivity index (χ1n) is 6.91. The molecule has 0 aliphatic carbocycles. The highest BCUT2D eigenvalue weighted by atomic mass is 19.1. The maximum Gasteiger partial charge on any atom is 0.227 e. The Morgan fingerprint density at radius 3 is 2.11 bits per heavy atom. The van der Waals surface area contributed by atoms with E-state index in [-0.39, 0.29) is 18.1 Å². The molecule has 0 radical (unpaired) electrons. The summed E-state index contributed by atoms with van der Waals surface area (Å²) in [6, 6.07) is 6.48. The molecule has 0 spiro atoms. The summed E-state index contributed by atoms with van der Waals surface area (Å²) in [4.78, 5) is 14.1. The van der Waals surface area contributed by atoms with Gasteiger partial charge in [0.05, 0.1) is 6.42 Å². The number of halogens is 1. The number of benzene rings is 1. The lowest BCUT2D eigenvalue weighted by Crippen LogP contribution is -2.38. The predicted molar refractivity (Wildman–Crippen MR) is 76.4 cm³/mol. The number of hydrogen-bond donors (Lipinski definition) is 0. The summed E-state index contributed by atoms with van der Waals surface area (Å²) in [6.07, 6.45) is 0.145. The first-order chi connectivity index (χ1) is 8.90. The summed E-state index contributed by atoms with van der Waals surface area (Å²) in [7, 11) is 0. The van der Waals surface area contributed by atoms with Gasteiger partial charge in [0.15, 0.2) is 0 Å². The number of amides is 1. The molecule has 2 nitrogen and oxygen atoms in total. The Labute approximate surface area is 115 Å². The smallest absolute Gasteiger partial charge is 0.227 e. The monoisotopic (exact) mass is 265 g/mol. The van der Waals surface area contributed by atoms with Crippen molar-refractivity contribution >= 4 is 5.91 Å². The standard InChI is InChI=1S/C16H24FNO/c1-12(2)10-18(11-13(3)4)16(19)9-14-7-5-6-8-15(14)17/h5-8,12-13H,9-11H2,1-4H3. The summed E-state index contributed by atoms with van der Waals surface area (Å²) in [5, 5.41) is 0. The van der Waals surface area contributed by atoms with Crippen molar-refractivity contribution in [1.29, 1.82) is 0 Å². The molecule has 0 saturated carbocycles. The normalized spacial score (nSPS) is 11.1. The van der Waals surface area contributed by atoms with Gasteiger partial charge in [-0.25, -0.2) is 4.39 Å². The Hall–Kier alpha value is -1.38. The molecule has 1 aromatic carbocycles. The van der Waals surface area contributed by atoms with Gasteiger partial charge >= 0.3 is 0 Å². The number of nitrogens with zero attached hydrogens (tertiary/aromatic N) is 1. The van der Waals surface area contributed by atoms with Crippen LogP contribution in [0.2, 0.25) is 0 Å². The van der Waals surface area contributed by atoms with Crippen molar-refractivity contribution in [2.45, 2.75) is 34.1 Å². The zero-order chi connectivity index (χ0) is 14.4. The summed E-state index contributed by atoms with van der Waals surface area (Å²) in [5.41, 5.74) is 0.477. The van der Waals surface area contributed by atoms with Crippen LogP contribution in [0.4, 0.5) is 4.39 Å². The highest BCUT2D eigenvalue weighted by molar-refractivity contribution is 5.78. The van der Waals surface area contributed by atoms with E-state index in [2.05, 4.69) is 27.7 Å². The van der Waals surface area contributed by atoms with Crippen molar-refractivity contribution in [2.75, 3.05) is 13.1 Å². The topological polar surface area (TPSA) is 20.3 Å². The van der Waals surface area contributed by atoms with Crippen LogP contribution in [0, 0.1) is 17.7 Å². The quantitative estimate of drug-likeness (QED) is 0.771. The fourth-order valence-corrected chi connectivity index (χ4v) is 2.08. The van der Waals surface area contributed by atoms with Crippen LogP contribution in [0.3, 0.4) is 0 Å². The number of carbonyl (C=O) groups excluding carboxylic acids is 1. The van der Waals surface area contributed by atoms with Crippen LogP contribution < -0.4 is 0 Å². The lowest BCUT2D eigenvalue weighted by molar-refractivity contribution is -0.131. The lowest BCUT2D eigenvalue weighted by atomic mass is 10.1. The molecular weight excluding hydrogens is 241 g/mol. The maximum absolute atomic E-state index is 13.6. The van der Waals surface area contributed by atoms with Crippen molar-refractivity contribution in [2.24, 2.45) is 11.8 Å². The SMILES string of the molecule is CC(C)CN(CC(C)C)C(=O)Cc1ccccc1F. The van der Waals surface area contributed by atoms with Crippen LogP contribution in [-0.2, 0) is 11.2 Å². The Morgan fingerprint density at radius 2 is 1.63 bits per heavy atom. The molecule has 19 heavy (non-hydrogen) atoms. The summed E-state index contributed by atoms with van der Waals surface area (Å²) in [6.45, 7) is 9.80. The second kappa shape index (κ2) is 7.27. The molecule has 0 unspecified atom stereocenters. The molecule has 0 aromatic heterocycles. The van der Waals surface area contributed by atoms with Gasteiger partial charge in [-0.2, -0.15) is 0 Å². The van der Waals surface area contributed by atoms with E-state index >= 15 is 0 Å². The van der Waals surface area contributed by atoms with Gasteiger partial charge in [0.2, 0.25) is 5.91 Å². The van der Waals surface area contributed by atoms with Gasteiger partial charge in [0.25, 0.3) is 0 Å². The maximum atomic E-state index is 13.6. The van der Waals surface area contributed by atoms with E-state index in [0.29, 0.717) is 17.4 Å². The largest absolute Gasteiger partial charge is 0.342 e. The van der Waals surface area contributed by atoms with Crippen molar-refractivity contribution in [3.05, 3.63) is 35.6 Å². The second-order valence-corrected chi connectivity index (χ2v) is 5.85. The van der Waals surface area contributed by atoms with E-state index in [1.165, 1.54) is 6.07 Å². The van der Waals surface area contributed by atoms with E-state index in [9.17, 15) is 9.18 Å². The fourth-order valence-electron chi connectivity index (χ4n) is 2.08. The van der Waals surface area contributed by atoms with Crippen LogP contribution in [0.1, 0.15) is 33.3 Å². The van der Waals surface area contributed by atoms with Gasteiger partial charge in [-0.3, -0.25) is 4.79 Å². The van der Waals surface area contributed by atoms with Gasteiger partial charge in [0.1, 0.15) is 5.82 Å². The third-order valence-corrected chi connectivity index (χ3v) is 2.82. The number of rotatable bonds is 6. The number of hydrogen-bond acceptors (Lipinski definition) is 1. The summed E-state index contributed by atoms with van der Waals surface area (Å²) in [5.74, 6) is 0.545. The molecule has 0 atom stereocenters. The molecule has 3 heteroatoms. The van der Waals surface area contributed by atoms with Crippen molar-refractivity contribution in [1.82, 2.24) is 4.90 Å². The van der Waals surface area contributed by atoms with Crippen molar-refractivity contribution in [3.8, 4) is 0 Å². The van der Waals surface area contributed by atoms with E-state index in [4.69, 9.17) is 0 Å². The van der Waals surface area contributed by atoms with Crippen LogP contribution in [0.25, 0.3) is 0 Å². The predicted octanol–water partition coefficient (Wildman–Crippen LogP) is 3.51.